The van der Waals surface area contributed by atoms with Gasteiger partial charge in [-0.05, 0) is 57.9 Å². The van der Waals surface area contributed by atoms with Crippen LogP contribution in [-0.4, -0.2) is 29.3 Å². The van der Waals surface area contributed by atoms with Crippen LogP contribution < -0.4 is 15.4 Å². The fourth-order valence-corrected chi connectivity index (χ4v) is 2.96. The Morgan fingerprint density at radius 3 is 2.56 bits per heavy atom. The maximum atomic E-state index is 12.7. The fraction of sp³-hybridized carbons (Fsp3) is 0.474. The van der Waals surface area contributed by atoms with Gasteiger partial charge in [-0.25, -0.2) is 0 Å². The van der Waals surface area contributed by atoms with Crippen LogP contribution in [0.15, 0.2) is 12.1 Å². The molecule has 1 aromatic heterocycles. The fourth-order valence-electron chi connectivity index (χ4n) is 2.96. The third kappa shape index (κ3) is 3.95. The molecule has 0 fully saturated rings. The van der Waals surface area contributed by atoms with E-state index in [1.165, 1.54) is 0 Å². The van der Waals surface area contributed by atoms with E-state index in [4.69, 9.17) is 4.74 Å². The number of rotatable bonds is 7. The average molecular weight is 344 g/mol. The summed E-state index contributed by atoms with van der Waals surface area (Å²) in [6, 6.07) is 3.99. The second kappa shape index (κ2) is 8.05. The lowest BCUT2D eigenvalue weighted by Crippen LogP contribution is -2.24. The van der Waals surface area contributed by atoms with E-state index < -0.39 is 0 Å². The molecular formula is C19H28N4O2. The molecule has 136 valence electrons. The lowest BCUT2D eigenvalue weighted by Gasteiger charge is -2.14. The summed E-state index contributed by atoms with van der Waals surface area (Å²) in [7, 11) is 1.60. The number of hydrogen-bond donors (Lipinski definition) is 2. The van der Waals surface area contributed by atoms with E-state index in [0.717, 1.165) is 41.2 Å². The van der Waals surface area contributed by atoms with E-state index in [1.807, 2.05) is 45.4 Å². The molecule has 2 rings (SSSR count). The third-order valence-electron chi connectivity index (χ3n) is 4.38. The molecule has 0 saturated heterocycles. The molecule has 2 aromatic rings. The highest BCUT2D eigenvalue weighted by Crippen LogP contribution is 2.23. The van der Waals surface area contributed by atoms with Gasteiger partial charge in [0, 0.05) is 30.0 Å². The van der Waals surface area contributed by atoms with Crippen molar-refractivity contribution < 1.29 is 9.53 Å². The van der Waals surface area contributed by atoms with Crippen molar-refractivity contribution in [2.24, 2.45) is 0 Å². The van der Waals surface area contributed by atoms with Gasteiger partial charge in [0.1, 0.15) is 0 Å². The normalized spacial score (nSPS) is 10.6. The molecule has 0 unspecified atom stereocenters. The smallest absolute Gasteiger partial charge is 0.251 e. The number of ether oxygens (including phenoxy) is 1. The minimum atomic E-state index is -0.0916. The summed E-state index contributed by atoms with van der Waals surface area (Å²) in [6.45, 7) is 12.0. The zero-order chi connectivity index (χ0) is 18.6. The molecule has 0 saturated carbocycles. The average Bonchev–Trinajstić information content (AvgIpc) is 2.91. The van der Waals surface area contributed by atoms with Crippen molar-refractivity contribution in [1.29, 1.82) is 0 Å². The van der Waals surface area contributed by atoms with Crippen molar-refractivity contribution in [3.05, 3.63) is 40.1 Å². The van der Waals surface area contributed by atoms with Crippen LogP contribution in [0.2, 0.25) is 0 Å². The quantitative estimate of drug-likeness (QED) is 0.809. The Morgan fingerprint density at radius 1 is 1.24 bits per heavy atom. The zero-order valence-electron chi connectivity index (χ0n) is 16.0. The number of amides is 1. The van der Waals surface area contributed by atoms with Gasteiger partial charge in [0.25, 0.3) is 5.91 Å². The maximum Gasteiger partial charge on any atom is 0.251 e. The van der Waals surface area contributed by atoms with Gasteiger partial charge in [0.05, 0.1) is 19.2 Å². The van der Waals surface area contributed by atoms with Gasteiger partial charge in [-0.3, -0.25) is 9.48 Å². The molecule has 0 aliphatic heterocycles. The Morgan fingerprint density at radius 2 is 1.96 bits per heavy atom. The van der Waals surface area contributed by atoms with Gasteiger partial charge < -0.3 is 15.4 Å². The number of anilines is 1. The summed E-state index contributed by atoms with van der Waals surface area (Å²) in [4.78, 5) is 12.7. The first-order valence-electron chi connectivity index (χ1n) is 8.66. The Labute approximate surface area is 149 Å². The van der Waals surface area contributed by atoms with Crippen LogP contribution in [-0.2, 0) is 13.1 Å². The van der Waals surface area contributed by atoms with Crippen molar-refractivity contribution in [3.63, 3.8) is 0 Å². The largest absolute Gasteiger partial charge is 0.480 e. The molecule has 0 radical (unpaired) electrons. The van der Waals surface area contributed by atoms with Crippen LogP contribution >= 0.6 is 0 Å². The van der Waals surface area contributed by atoms with Crippen LogP contribution in [0, 0.1) is 20.8 Å². The monoisotopic (exact) mass is 344 g/mol. The summed E-state index contributed by atoms with van der Waals surface area (Å²) in [5.41, 5.74) is 5.62. The van der Waals surface area contributed by atoms with Crippen LogP contribution in [0.3, 0.4) is 0 Å². The highest BCUT2D eigenvalue weighted by atomic mass is 16.5. The number of nitrogens with one attached hydrogen (secondary N) is 2. The minimum Gasteiger partial charge on any atom is -0.480 e. The van der Waals surface area contributed by atoms with Gasteiger partial charge in [-0.15, -0.1) is 5.10 Å². The molecule has 1 heterocycles. The van der Waals surface area contributed by atoms with E-state index >= 15 is 0 Å². The first kappa shape index (κ1) is 18.8. The Bertz CT molecular complexity index is 765. The zero-order valence-corrected chi connectivity index (χ0v) is 16.0. The molecule has 0 bridgehead atoms. The Hall–Kier alpha value is -2.50. The molecule has 6 heteroatoms. The molecule has 6 nitrogen and oxygen atoms in total. The van der Waals surface area contributed by atoms with Gasteiger partial charge in [0.2, 0.25) is 5.88 Å². The van der Waals surface area contributed by atoms with Gasteiger partial charge in [0.15, 0.2) is 0 Å². The van der Waals surface area contributed by atoms with Gasteiger partial charge >= 0.3 is 0 Å². The first-order chi connectivity index (χ1) is 11.9. The molecular weight excluding hydrogens is 316 g/mol. The van der Waals surface area contributed by atoms with Crippen molar-refractivity contribution in [1.82, 2.24) is 15.1 Å². The first-order valence-corrected chi connectivity index (χ1v) is 8.66. The number of carbonyl (C=O) groups is 1. The summed E-state index contributed by atoms with van der Waals surface area (Å²) in [5.74, 6) is 0.472. The topological polar surface area (TPSA) is 68.2 Å². The highest BCUT2D eigenvalue weighted by Gasteiger charge is 2.17. The summed E-state index contributed by atoms with van der Waals surface area (Å²) >= 11 is 0. The van der Waals surface area contributed by atoms with E-state index in [0.29, 0.717) is 18.0 Å². The minimum absolute atomic E-state index is 0.0916. The number of methoxy groups -OCH3 is 1. The second-order valence-corrected chi connectivity index (χ2v) is 6.09. The van der Waals surface area contributed by atoms with Crippen LogP contribution in [0.5, 0.6) is 5.88 Å². The van der Waals surface area contributed by atoms with E-state index in [1.54, 1.807) is 7.11 Å². The van der Waals surface area contributed by atoms with Crippen LogP contribution in [0.25, 0.3) is 0 Å². The standard InChI is InChI=1S/C19H28N4O2/c1-7-20-17-10-12(3)9-15(13(17)4)18(24)21-11-16-14(5)23(8-2)22-19(16)25-6/h9-10,20H,7-8,11H2,1-6H3,(H,21,24). The molecule has 1 aromatic carbocycles. The van der Waals surface area contributed by atoms with Crippen molar-refractivity contribution >= 4 is 11.6 Å². The van der Waals surface area contributed by atoms with Crippen molar-refractivity contribution in [2.45, 2.75) is 47.7 Å². The SMILES string of the molecule is CCNc1cc(C)cc(C(=O)NCc2c(OC)nn(CC)c2C)c1C. The Balaban J connectivity index is 2.23. The van der Waals surface area contributed by atoms with Gasteiger partial charge in [-0.1, -0.05) is 0 Å². The molecule has 0 atom stereocenters. The van der Waals surface area contributed by atoms with Gasteiger partial charge in [-0.2, -0.15) is 0 Å². The number of benzene rings is 1. The molecule has 2 N–H and O–H groups in total. The molecule has 0 aliphatic carbocycles. The lowest BCUT2D eigenvalue weighted by atomic mass is 10.0. The molecule has 1 amide bonds. The number of aryl methyl sites for hydroxylation is 2. The molecule has 0 aliphatic rings. The summed E-state index contributed by atoms with van der Waals surface area (Å²) in [5, 5.41) is 10.7. The Kier molecular flexibility index (Phi) is 6.07. The van der Waals surface area contributed by atoms with Crippen LogP contribution in [0.1, 0.15) is 46.6 Å². The number of nitrogens with zero attached hydrogens (tertiary/aromatic N) is 2. The molecule has 25 heavy (non-hydrogen) atoms. The number of hydrogen-bond acceptors (Lipinski definition) is 4. The van der Waals surface area contributed by atoms with E-state index in [9.17, 15) is 4.79 Å². The predicted octanol–water partition coefficient (Wildman–Crippen LogP) is 3.20. The van der Waals surface area contributed by atoms with Crippen molar-refractivity contribution in [2.75, 3.05) is 19.0 Å². The summed E-state index contributed by atoms with van der Waals surface area (Å²) < 4.78 is 7.22. The van der Waals surface area contributed by atoms with Crippen molar-refractivity contribution in [3.8, 4) is 5.88 Å². The summed E-state index contributed by atoms with van der Waals surface area (Å²) in [6.07, 6.45) is 0. The molecule has 0 spiro atoms. The van der Waals surface area contributed by atoms with Crippen LogP contribution in [0.4, 0.5) is 5.69 Å². The highest BCUT2D eigenvalue weighted by molar-refractivity contribution is 5.97. The predicted molar refractivity (Wildman–Crippen MR) is 100 cm³/mol. The number of carbonyl (C=O) groups excluding carboxylic acids is 1. The van der Waals surface area contributed by atoms with E-state index in [-0.39, 0.29) is 5.91 Å². The lowest BCUT2D eigenvalue weighted by molar-refractivity contribution is 0.0950. The second-order valence-electron chi connectivity index (χ2n) is 6.09. The third-order valence-corrected chi connectivity index (χ3v) is 4.38. The number of aromatic nitrogens is 2. The maximum absolute atomic E-state index is 12.7. The van der Waals surface area contributed by atoms with E-state index in [2.05, 4.69) is 21.8 Å².